The zero-order valence-electron chi connectivity index (χ0n) is 16.6. The molecule has 25 heavy (non-hydrogen) atoms. The van der Waals surface area contributed by atoms with E-state index in [9.17, 15) is 9.90 Å². The Morgan fingerprint density at radius 3 is 2.36 bits per heavy atom. The average Bonchev–Trinajstić information content (AvgIpc) is 2.51. The Hall–Kier alpha value is -0.340. The van der Waals surface area contributed by atoms with E-state index in [1.54, 1.807) is 14.0 Å². The Morgan fingerprint density at radius 2 is 1.76 bits per heavy atom. The molecule has 1 N–H and O–H groups in total. The number of hydrogen-bond acceptors (Lipinski definition) is 7. The summed E-state index contributed by atoms with van der Waals surface area (Å²) in [6.45, 7) is 11.7. The van der Waals surface area contributed by atoms with Crippen molar-refractivity contribution in [2.45, 2.75) is 64.8 Å². The molecule has 0 amide bonds. The van der Waals surface area contributed by atoms with E-state index in [1.165, 1.54) is 11.8 Å². The van der Waals surface area contributed by atoms with Crippen LogP contribution in [0, 0.1) is 0 Å². The maximum atomic E-state index is 11.2. The van der Waals surface area contributed by atoms with E-state index in [4.69, 9.17) is 18.9 Å². The Bertz CT molecular complexity index is 359. The quantitative estimate of drug-likeness (QED) is 0.346. The van der Waals surface area contributed by atoms with Crippen molar-refractivity contribution in [2.24, 2.45) is 0 Å². The number of esters is 1. The monoisotopic (exact) mass is 380 g/mol. The minimum atomic E-state index is -0.592. The van der Waals surface area contributed by atoms with Gasteiger partial charge in [0.1, 0.15) is 0 Å². The molecule has 1 atom stereocenters. The molecule has 0 bridgehead atoms. The summed E-state index contributed by atoms with van der Waals surface area (Å²) in [5, 5.41) is 9.84. The van der Waals surface area contributed by atoms with Crippen molar-refractivity contribution in [1.82, 2.24) is 0 Å². The number of methoxy groups -OCH3 is 1. The van der Waals surface area contributed by atoms with Crippen molar-refractivity contribution in [3.05, 3.63) is 0 Å². The predicted octanol–water partition coefficient (Wildman–Crippen LogP) is 2.66. The molecular weight excluding hydrogens is 344 g/mol. The maximum absolute atomic E-state index is 11.2. The van der Waals surface area contributed by atoms with Crippen molar-refractivity contribution in [3.63, 3.8) is 0 Å². The smallest absolute Gasteiger partial charge is 0.315 e. The molecule has 150 valence electrons. The minimum absolute atomic E-state index is 0.183. The highest BCUT2D eigenvalue weighted by Crippen LogP contribution is 2.19. The van der Waals surface area contributed by atoms with Crippen LogP contribution in [0.5, 0.6) is 0 Å². The lowest BCUT2D eigenvalue weighted by Gasteiger charge is -2.29. The number of ether oxygens (including phenoxy) is 4. The van der Waals surface area contributed by atoms with Crippen molar-refractivity contribution >= 4 is 17.7 Å². The van der Waals surface area contributed by atoms with E-state index < -0.39 is 6.10 Å². The Labute approximate surface area is 156 Å². The van der Waals surface area contributed by atoms with E-state index in [1.807, 2.05) is 27.7 Å². The number of rotatable bonds is 15. The van der Waals surface area contributed by atoms with Gasteiger partial charge in [-0.1, -0.05) is 0 Å². The largest absolute Gasteiger partial charge is 0.465 e. The van der Waals surface area contributed by atoms with E-state index >= 15 is 0 Å². The summed E-state index contributed by atoms with van der Waals surface area (Å²) in [4.78, 5) is 11.2. The molecule has 0 saturated carbocycles. The van der Waals surface area contributed by atoms with Gasteiger partial charge in [-0.15, -0.1) is 11.8 Å². The summed E-state index contributed by atoms with van der Waals surface area (Å²) < 4.78 is 21.6. The van der Waals surface area contributed by atoms with Crippen LogP contribution in [0.2, 0.25) is 0 Å². The van der Waals surface area contributed by atoms with Crippen LogP contribution in [0.4, 0.5) is 0 Å². The summed E-state index contributed by atoms with van der Waals surface area (Å²) in [6.07, 6.45) is 0.971. The van der Waals surface area contributed by atoms with Crippen molar-refractivity contribution in [2.75, 3.05) is 45.0 Å². The molecule has 0 heterocycles. The van der Waals surface area contributed by atoms with Crippen LogP contribution in [0.15, 0.2) is 0 Å². The lowest BCUT2D eigenvalue weighted by molar-refractivity contribution is -0.139. The summed E-state index contributed by atoms with van der Waals surface area (Å²) in [5.41, 5.74) is -0.467. The molecule has 0 aliphatic carbocycles. The summed E-state index contributed by atoms with van der Waals surface area (Å²) >= 11 is 1.35. The van der Waals surface area contributed by atoms with Crippen LogP contribution in [-0.2, 0) is 23.7 Å². The molecule has 0 aliphatic heterocycles. The van der Waals surface area contributed by atoms with Gasteiger partial charge in [-0.3, -0.25) is 4.79 Å². The molecule has 0 aliphatic rings. The highest BCUT2D eigenvalue weighted by Gasteiger charge is 2.22. The molecule has 0 fully saturated rings. The van der Waals surface area contributed by atoms with Crippen molar-refractivity contribution in [1.29, 1.82) is 0 Å². The lowest BCUT2D eigenvalue weighted by atomic mass is 10.0. The molecule has 0 aromatic rings. The topological polar surface area (TPSA) is 74.2 Å². The van der Waals surface area contributed by atoms with Crippen LogP contribution in [0.3, 0.4) is 0 Å². The van der Waals surface area contributed by atoms with Gasteiger partial charge in [-0.2, -0.15) is 0 Å². The molecule has 6 nitrogen and oxygen atoms in total. The van der Waals surface area contributed by atoms with Gasteiger partial charge in [0, 0.05) is 19.5 Å². The van der Waals surface area contributed by atoms with Crippen molar-refractivity contribution in [3.8, 4) is 0 Å². The van der Waals surface area contributed by atoms with Crippen LogP contribution < -0.4 is 0 Å². The number of carbonyl (C=O) groups is 1. The van der Waals surface area contributed by atoms with Crippen molar-refractivity contribution < 1.29 is 28.8 Å². The van der Waals surface area contributed by atoms with E-state index in [0.717, 1.165) is 12.8 Å². The van der Waals surface area contributed by atoms with Gasteiger partial charge >= 0.3 is 5.97 Å². The van der Waals surface area contributed by atoms with Crippen LogP contribution in [0.1, 0.15) is 47.5 Å². The second-order valence-corrected chi connectivity index (χ2v) is 8.15. The Balaban J connectivity index is 3.75. The first kappa shape index (κ1) is 24.7. The highest BCUT2D eigenvalue weighted by molar-refractivity contribution is 7.99. The standard InChI is InChI=1S/C18H36O6S/c1-7-23-16(20)14-25-13-15(19)12-22-10-8-18(4,5)24-11-9-17(2,3)21-6/h15,19H,7-14H2,1-6H3. The van der Waals surface area contributed by atoms with Gasteiger partial charge in [0.15, 0.2) is 0 Å². The van der Waals surface area contributed by atoms with Crippen LogP contribution in [-0.4, -0.2) is 73.4 Å². The number of hydrogen-bond donors (Lipinski definition) is 1. The molecule has 7 heteroatoms. The van der Waals surface area contributed by atoms with Gasteiger partial charge < -0.3 is 24.1 Å². The SMILES string of the molecule is CCOC(=O)CSCC(O)COCCC(C)(C)OCCC(C)(C)OC. The molecular formula is C18H36O6S. The fraction of sp³-hybridized carbons (Fsp3) is 0.944. The van der Waals surface area contributed by atoms with Crippen LogP contribution in [0.25, 0.3) is 0 Å². The van der Waals surface area contributed by atoms with Gasteiger partial charge in [-0.05, 0) is 47.5 Å². The summed E-state index contributed by atoms with van der Waals surface area (Å²) in [7, 11) is 1.70. The van der Waals surface area contributed by atoms with Gasteiger partial charge in [-0.25, -0.2) is 0 Å². The van der Waals surface area contributed by atoms with E-state index in [0.29, 0.717) is 25.6 Å². The predicted molar refractivity (Wildman–Crippen MR) is 101 cm³/mol. The third kappa shape index (κ3) is 14.5. The first-order chi connectivity index (χ1) is 11.6. The molecule has 0 spiro atoms. The van der Waals surface area contributed by atoms with Crippen LogP contribution >= 0.6 is 11.8 Å². The first-order valence-corrected chi connectivity index (χ1v) is 9.95. The van der Waals surface area contributed by atoms with E-state index in [2.05, 4.69) is 0 Å². The first-order valence-electron chi connectivity index (χ1n) is 8.80. The highest BCUT2D eigenvalue weighted by atomic mass is 32.2. The van der Waals surface area contributed by atoms with Gasteiger partial charge in [0.2, 0.25) is 0 Å². The molecule has 0 radical (unpaired) electrons. The molecule has 0 saturated heterocycles. The maximum Gasteiger partial charge on any atom is 0.315 e. The zero-order valence-corrected chi connectivity index (χ0v) is 17.4. The fourth-order valence-electron chi connectivity index (χ4n) is 1.81. The van der Waals surface area contributed by atoms with Gasteiger partial charge in [0.05, 0.1) is 42.9 Å². The second-order valence-electron chi connectivity index (χ2n) is 7.12. The number of aliphatic hydroxyl groups is 1. The number of thioether (sulfide) groups is 1. The normalized spacial score (nSPS) is 13.7. The second kappa shape index (κ2) is 12.9. The van der Waals surface area contributed by atoms with E-state index in [-0.39, 0.29) is 29.5 Å². The number of carbonyl (C=O) groups excluding carboxylic acids is 1. The van der Waals surface area contributed by atoms with Gasteiger partial charge in [0.25, 0.3) is 0 Å². The zero-order chi connectivity index (χ0) is 19.3. The Kier molecular flexibility index (Phi) is 12.7. The molecule has 1 unspecified atom stereocenters. The lowest BCUT2D eigenvalue weighted by Crippen LogP contribution is -2.31. The summed E-state index contributed by atoms with van der Waals surface area (Å²) in [5.74, 6) is 0.449. The number of aliphatic hydroxyl groups excluding tert-OH is 1. The Morgan fingerprint density at radius 1 is 1.12 bits per heavy atom. The third-order valence-electron chi connectivity index (χ3n) is 3.74. The molecule has 0 rings (SSSR count). The summed E-state index contributed by atoms with van der Waals surface area (Å²) in [6, 6.07) is 0. The third-order valence-corrected chi connectivity index (χ3v) is 4.80. The molecule has 0 aromatic carbocycles. The average molecular weight is 381 g/mol. The fourth-order valence-corrected chi connectivity index (χ4v) is 2.55. The minimum Gasteiger partial charge on any atom is -0.465 e. The molecule has 0 aromatic heterocycles.